The molecule has 0 N–H and O–H groups in total. The predicted molar refractivity (Wildman–Crippen MR) is 176 cm³/mol. The monoisotopic (exact) mass is 651 g/mol. The molecular weight excluding hydrogens is 610 g/mol. The average Bonchev–Trinajstić information content (AvgIpc) is 3.66. The molecule has 3 aliphatic heterocycles. The molecule has 5 bridgehead atoms. The zero-order chi connectivity index (χ0) is 33.6. The molecule has 6 atom stereocenters. The van der Waals surface area contributed by atoms with Gasteiger partial charge in [-0.3, -0.25) is 19.0 Å². The van der Waals surface area contributed by atoms with E-state index >= 15 is 0 Å². The van der Waals surface area contributed by atoms with E-state index in [0.29, 0.717) is 23.9 Å². The van der Waals surface area contributed by atoms with Gasteiger partial charge in [0.2, 0.25) is 11.7 Å². The van der Waals surface area contributed by atoms with Gasteiger partial charge in [-0.2, -0.15) is 0 Å². The molecule has 9 heteroatoms. The highest BCUT2D eigenvalue weighted by Crippen LogP contribution is 2.67. The summed E-state index contributed by atoms with van der Waals surface area (Å²) >= 11 is 0. The molecule has 0 radical (unpaired) electrons. The molecule has 2 aliphatic carbocycles. The molecule has 7 rings (SSSR count). The highest BCUT2D eigenvalue weighted by atomic mass is 16.7. The Balaban J connectivity index is 1.34. The van der Waals surface area contributed by atoms with E-state index in [1.54, 1.807) is 6.20 Å². The average molecular weight is 652 g/mol. The van der Waals surface area contributed by atoms with Crippen LogP contribution in [0.5, 0.6) is 0 Å². The van der Waals surface area contributed by atoms with Gasteiger partial charge in [0.1, 0.15) is 11.5 Å². The van der Waals surface area contributed by atoms with Gasteiger partial charge in [-0.25, -0.2) is 9.59 Å². The number of Topliss-reactive ketones (excluding diaryl/α,β-unsaturated/α-hetero) is 1. The number of benzene rings is 1. The second kappa shape index (κ2) is 12.6. The van der Waals surface area contributed by atoms with Crippen LogP contribution < -0.4 is 0 Å². The van der Waals surface area contributed by atoms with Crippen molar-refractivity contribution in [1.29, 1.82) is 0 Å². The molecule has 1 aromatic carbocycles. The van der Waals surface area contributed by atoms with Crippen LogP contribution in [-0.4, -0.2) is 46.1 Å². The lowest BCUT2D eigenvalue weighted by Crippen LogP contribution is -2.59. The van der Waals surface area contributed by atoms with Gasteiger partial charge in [0.25, 0.3) is 0 Å². The number of para-hydroxylation sites is 1. The number of hydrogen-bond donors (Lipinski definition) is 0. The van der Waals surface area contributed by atoms with Crippen LogP contribution >= 0.6 is 0 Å². The van der Waals surface area contributed by atoms with Crippen molar-refractivity contribution in [2.75, 3.05) is 0 Å². The number of carbonyl (C=O) groups is 5. The minimum Gasteiger partial charge on any atom is -0.427 e. The summed E-state index contributed by atoms with van der Waals surface area (Å²) in [4.78, 5) is 69.1. The van der Waals surface area contributed by atoms with E-state index < -0.39 is 41.1 Å². The Morgan fingerprint density at radius 1 is 0.979 bits per heavy atom. The summed E-state index contributed by atoms with van der Waals surface area (Å²) in [5, 5.41) is 0.869. The van der Waals surface area contributed by atoms with E-state index in [-0.39, 0.29) is 53.9 Å². The summed E-state index contributed by atoms with van der Waals surface area (Å²) in [5.74, 6) is -5.78. The lowest BCUT2D eigenvalue weighted by atomic mass is 9.59. The Morgan fingerprint density at radius 2 is 1.77 bits per heavy atom. The number of aromatic nitrogens is 1. The molecule has 0 saturated carbocycles. The SMILES string of the molecule is C/C=C/CCCCC[C@@H]1C=C2[C@]3(CC(=O)n4ccc5ccccc54)CC4=C(C(=O)OC4=O)[C@H]4[C@H]1C[C@H](C(=O)CC/C=C/C)O[C@@]24OC3=O. The molecule has 250 valence electrons. The molecule has 0 unspecified atom stereocenters. The summed E-state index contributed by atoms with van der Waals surface area (Å²) in [6.45, 7) is 3.90. The summed E-state index contributed by atoms with van der Waals surface area (Å²) in [5.41, 5.74) is -0.186. The number of ketones is 1. The third-order valence-electron chi connectivity index (χ3n) is 11.0. The van der Waals surface area contributed by atoms with Gasteiger partial charge in [0, 0.05) is 36.4 Å². The lowest BCUT2D eigenvalue weighted by Gasteiger charge is -2.52. The maximum Gasteiger partial charge on any atom is 0.343 e. The van der Waals surface area contributed by atoms with Gasteiger partial charge in [-0.15, -0.1) is 0 Å². The normalized spacial score (nSPS) is 30.5. The predicted octanol–water partition coefficient (Wildman–Crippen LogP) is 6.72. The van der Waals surface area contributed by atoms with Crippen molar-refractivity contribution in [3.63, 3.8) is 0 Å². The molecule has 0 amide bonds. The zero-order valence-corrected chi connectivity index (χ0v) is 27.4. The van der Waals surface area contributed by atoms with Crippen LogP contribution in [0.3, 0.4) is 0 Å². The number of nitrogens with zero attached hydrogens (tertiary/aromatic N) is 1. The van der Waals surface area contributed by atoms with Crippen LogP contribution in [0.25, 0.3) is 10.9 Å². The summed E-state index contributed by atoms with van der Waals surface area (Å²) < 4.78 is 19.7. The molecule has 9 nitrogen and oxygen atoms in total. The van der Waals surface area contributed by atoms with Crippen molar-refractivity contribution in [2.24, 2.45) is 23.2 Å². The van der Waals surface area contributed by atoms with Crippen molar-refractivity contribution in [3.05, 3.63) is 83.6 Å². The van der Waals surface area contributed by atoms with E-state index in [0.717, 1.165) is 37.5 Å². The minimum absolute atomic E-state index is 0.107. The van der Waals surface area contributed by atoms with Gasteiger partial charge < -0.3 is 14.2 Å². The van der Waals surface area contributed by atoms with Gasteiger partial charge in [-0.1, -0.05) is 61.4 Å². The highest BCUT2D eigenvalue weighted by molar-refractivity contribution is 6.14. The van der Waals surface area contributed by atoms with Crippen molar-refractivity contribution >= 4 is 40.5 Å². The van der Waals surface area contributed by atoms with E-state index in [4.69, 9.17) is 14.2 Å². The summed E-state index contributed by atoms with van der Waals surface area (Å²) in [7, 11) is 0. The van der Waals surface area contributed by atoms with E-state index in [1.165, 1.54) is 4.57 Å². The van der Waals surface area contributed by atoms with Crippen molar-refractivity contribution < 1.29 is 38.2 Å². The van der Waals surface area contributed by atoms with Crippen LogP contribution in [0, 0.1) is 23.2 Å². The molecular formula is C39H41NO8. The lowest BCUT2D eigenvalue weighted by molar-refractivity contribution is -0.268. The Bertz CT molecular complexity index is 1820. The van der Waals surface area contributed by atoms with Crippen molar-refractivity contribution in [3.8, 4) is 0 Å². The first-order chi connectivity index (χ1) is 23.2. The van der Waals surface area contributed by atoms with Crippen LogP contribution in [0.1, 0.15) is 82.9 Å². The molecule has 48 heavy (non-hydrogen) atoms. The quantitative estimate of drug-likeness (QED) is 0.107. The second-order valence-electron chi connectivity index (χ2n) is 13.7. The van der Waals surface area contributed by atoms with E-state index in [1.807, 2.05) is 68.5 Å². The third-order valence-corrected chi connectivity index (χ3v) is 11.0. The Kier molecular flexibility index (Phi) is 8.44. The van der Waals surface area contributed by atoms with Crippen molar-refractivity contribution in [2.45, 2.75) is 89.9 Å². The topological polar surface area (TPSA) is 118 Å². The number of carbonyl (C=O) groups excluding carboxylic acids is 5. The highest BCUT2D eigenvalue weighted by Gasteiger charge is 2.75. The number of cyclic esters (lactones) is 2. The molecule has 5 aliphatic rings. The van der Waals surface area contributed by atoms with Crippen LogP contribution in [0.15, 0.2) is 83.6 Å². The number of esters is 3. The fourth-order valence-electron chi connectivity index (χ4n) is 8.78. The largest absolute Gasteiger partial charge is 0.427 e. The van der Waals surface area contributed by atoms with E-state index in [9.17, 15) is 24.0 Å². The Morgan fingerprint density at radius 3 is 2.58 bits per heavy atom. The molecule has 2 fully saturated rings. The van der Waals surface area contributed by atoms with Gasteiger partial charge in [0.15, 0.2) is 5.78 Å². The Labute approximate surface area is 279 Å². The standard InChI is InChI=1S/C39H41NO8/c1-3-5-7-8-9-11-15-25-20-31-38(23-32(42)40-19-18-24-14-12-13-16-28(24)40)22-27-33(36(44)46-35(27)43)34-26(25)21-30(29(41)17-10-6-4-2)47-39(31,34)48-37(38)45/h3-6,12-14,16,18-20,25-26,30,34H,7-11,15,17,21-23H2,1-2H3/b5-3+,6-4+/t25-,26+,30-,34-,38-,39-/m1/s1. The second-order valence-corrected chi connectivity index (χ2v) is 13.7. The summed E-state index contributed by atoms with van der Waals surface area (Å²) in [6.07, 6.45) is 16.1. The number of fused-ring (bicyclic) bond motifs is 1. The minimum atomic E-state index is -1.79. The first-order valence-electron chi connectivity index (χ1n) is 17.2. The van der Waals surface area contributed by atoms with Gasteiger partial charge in [-0.05, 0) is 69.9 Å². The number of rotatable bonds is 12. The van der Waals surface area contributed by atoms with Crippen LogP contribution in [0.4, 0.5) is 0 Å². The first-order valence-corrected chi connectivity index (χ1v) is 17.2. The van der Waals surface area contributed by atoms with E-state index in [2.05, 4.69) is 6.08 Å². The maximum atomic E-state index is 14.4. The van der Waals surface area contributed by atoms with Gasteiger partial charge in [0.05, 0.1) is 22.6 Å². The van der Waals surface area contributed by atoms with Crippen LogP contribution in [0.2, 0.25) is 0 Å². The zero-order valence-electron chi connectivity index (χ0n) is 27.4. The molecule has 2 aromatic rings. The number of ether oxygens (including phenoxy) is 3. The molecule has 4 heterocycles. The molecule has 1 aromatic heterocycles. The van der Waals surface area contributed by atoms with Crippen LogP contribution in [-0.2, 0) is 33.4 Å². The maximum absolute atomic E-state index is 14.4. The smallest absolute Gasteiger partial charge is 0.343 e. The Hall–Kier alpha value is -4.37. The number of unbranched alkanes of at least 4 members (excludes halogenated alkanes) is 3. The fraction of sp³-hybridized carbons (Fsp3) is 0.462. The van der Waals surface area contributed by atoms with Crippen molar-refractivity contribution in [1.82, 2.24) is 4.57 Å². The number of hydrogen-bond acceptors (Lipinski definition) is 8. The molecule has 1 spiro atoms. The summed E-state index contributed by atoms with van der Waals surface area (Å²) in [6, 6.07) is 9.30. The van der Waals surface area contributed by atoms with Gasteiger partial charge >= 0.3 is 17.9 Å². The third kappa shape index (κ3) is 5.05. The molecule has 2 saturated heterocycles. The first kappa shape index (κ1) is 32.2. The number of allylic oxidation sites excluding steroid dienone is 5. The fourth-order valence-corrected chi connectivity index (χ4v) is 8.78.